The summed E-state index contributed by atoms with van der Waals surface area (Å²) in [5.74, 6) is 0.760. The van der Waals surface area contributed by atoms with Crippen LogP contribution in [0.5, 0.6) is 5.75 Å². The molecule has 1 aliphatic heterocycles. The standard InChI is InChI=1S/C12H18N2O2S/c1-8-7-14(9(2)6-13-8)12(15)11-10(16-3)4-5-17-11/h4-5,8-9,13H,6-7H2,1-3H3. The maximum Gasteiger partial charge on any atom is 0.268 e. The van der Waals surface area contributed by atoms with Crippen molar-refractivity contribution in [3.05, 3.63) is 16.3 Å². The highest BCUT2D eigenvalue weighted by Gasteiger charge is 2.29. The Hall–Kier alpha value is -1.07. The number of rotatable bonds is 2. The summed E-state index contributed by atoms with van der Waals surface area (Å²) in [5.41, 5.74) is 0. The van der Waals surface area contributed by atoms with Crippen LogP contribution in [0.15, 0.2) is 11.4 Å². The van der Waals surface area contributed by atoms with Gasteiger partial charge in [0.05, 0.1) is 7.11 Å². The minimum absolute atomic E-state index is 0.0812. The molecule has 0 aliphatic carbocycles. The highest BCUT2D eigenvalue weighted by molar-refractivity contribution is 7.12. The van der Waals surface area contributed by atoms with Crippen LogP contribution in [0.25, 0.3) is 0 Å². The number of carbonyl (C=O) groups excluding carboxylic acids is 1. The van der Waals surface area contributed by atoms with Crippen LogP contribution in [-0.2, 0) is 0 Å². The molecule has 0 bridgehead atoms. The van der Waals surface area contributed by atoms with E-state index in [1.165, 1.54) is 11.3 Å². The number of nitrogens with one attached hydrogen (secondary N) is 1. The summed E-state index contributed by atoms with van der Waals surface area (Å²) in [4.78, 5) is 15.1. The zero-order chi connectivity index (χ0) is 12.4. The molecule has 4 nitrogen and oxygen atoms in total. The van der Waals surface area contributed by atoms with Gasteiger partial charge in [-0.05, 0) is 25.3 Å². The van der Waals surface area contributed by atoms with Gasteiger partial charge in [-0.25, -0.2) is 0 Å². The molecule has 1 fully saturated rings. The van der Waals surface area contributed by atoms with E-state index in [1.54, 1.807) is 7.11 Å². The van der Waals surface area contributed by atoms with Crippen molar-refractivity contribution in [2.75, 3.05) is 20.2 Å². The van der Waals surface area contributed by atoms with E-state index in [0.717, 1.165) is 13.1 Å². The molecule has 1 N–H and O–H groups in total. The Labute approximate surface area is 106 Å². The van der Waals surface area contributed by atoms with Crippen LogP contribution in [0.3, 0.4) is 0 Å². The minimum Gasteiger partial charge on any atom is -0.495 e. The van der Waals surface area contributed by atoms with Crippen LogP contribution in [0.1, 0.15) is 23.5 Å². The second-order valence-corrected chi connectivity index (χ2v) is 5.35. The molecule has 0 saturated carbocycles. The smallest absolute Gasteiger partial charge is 0.268 e. The number of amides is 1. The van der Waals surface area contributed by atoms with Gasteiger partial charge in [0.15, 0.2) is 0 Å². The first-order valence-electron chi connectivity index (χ1n) is 5.79. The molecule has 1 amide bonds. The molecule has 94 valence electrons. The van der Waals surface area contributed by atoms with Gasteiger partial charge in [0, 0.05) is 25.2 Å². The van der Waals surface area contributed by atoms with Gasteiger partial charge in [-0.3, -0.25) is 4.79 Å². The molecule has 0 aromatic carbocycles. The van der Waals surface area contributed by atoms with Gasteiger partial charge in [0.2, 0.25) is 0 Å². The highest BCUT2D eigenvalue weighted by Crippen LogP contribution is 2.27. The average molecular weight is 254 g/mol. The highest BCUT2D eigenvalue weighted by atomic mass is 32.1. The van der Waals surface area contributed by atoms with E-state index in [0.29, 0.717) is 16.7 Å². The topological polar surface area (TPSA) is 41.6 Å². The lowest BCUT2D eigenvalue weighted by Crippen LogP contribution is -2.56. The molecule has 2 rings (SSSR count). The van der Waals surface area contributed by atoms with E-state index in [4.69, 9.17) is 4.74 Å². The van der Waals surface area contributed by atoms with E-state index in [2.05, 4.69) is 19.2 Å². The van der Waals surface area contributed by atoms with Crippen molar-refractivity contribution < 1.29 is 9.53 Å². The third kappa shape index (κ3) is 2.45. The van der Waals surface area contributed by atoms with Crippen LogP contribution in [-0.4, -0.2) is 43.1 Å². The lowest BCUT2D eigenvalue weighted by atomic mass is 10.1. The number of nitrogens with zero attached hydrogens (tertiary/aromatic N) is 1. The van der Waals surface area contributed by atoms with Gasteiger partial charge in [0.1, 0.15) is 10.6 Å². The van der Waals surface area contributed by atoms with Crippen LogP contribution in [0, 0.1) is 0 Å². The minimum atomic E-state index is 0.0812. The van der Waals surface area contributed by atoms with E-state index >= 15 is 0 Å². The summed E-state index contributed by atoms with van der Waals surface area (Å²) in [6.45, 7) is 5.76. The van der Waals surface area contributed by atoms with Crippen molar-refractivity contribution >= 4 is 17.2 Å². The normalized spacial score (nSPS) is 24.8. The van der Waals surface area contributed by atoms with Crippen LogP contribution >= 0.6 is 11.3 Å². The van der Waals surface area contributed by atoms with Crippen molar-refractivity contribution in [1.82, 2.24) is 10.2 Å². The van der Waals surface area contributed by atoms with Crippen LogP contribution < -0.4 is 10.1 Å². The van der Waals surface area contributed by atoms with Gasteiger partial charge >= 0.3 is 0 Å². The average Bonchev–Trinajstić information content (AvgIpc) is 2.79. The number of thiophene rings is 1. The first-order chi connectivity index (χ1) is 8.13. The van der Waals surface area contributed by atoms with E-state index in [1.807, 2.05) is 16.3 Å². The van der Waals surface area contributed by atoms with Crippen molar-refractivity contribution in [3.8, 4) is 5.75 Å². The van der Waals surface area contributed by atoms with Crippen molar-refractivity contribution in [1.29, 1.82) is 0 Å². The SMILES string of the molecule is COc1ccsc1C(=O)N1CC(C)NCC1C. The fraction of sp³-hybridized carbons (Fsp3) is 0.583. The fourth-order valence-corrected chi connectivity index (χ4v) is 2.86. The third-order valence-corrected chi connectivity index (χ3v) is 3.95. The van der Waals surface area contributed by atoms with E-state index in [9.17, 15) is 4.79 Å². The molecule has 1 aromatic heterocycles. The van der Waals surface area contributed by atoms with E-state index in [-0.39, 0.29) is 11.9 Å². The summed E-state index contributed by atoms with van der Waals surface area (Å²) in [6, 6.07) is 2.42. The summed E-state index contributed by atoms with van der Waals surface area (Å²) < 4.78 is 5.21. The Kier molecular flexibility index (Phi) is 3.69. The predicted molar refractivity (Wildman–Crippen MR) is 68.8 cm³/mol. The molecule has 2 unspecified atom stereocenters. The number of methoxy groups -OCH3 is 1. The number of piperazine rings is 1. The number of hydrogen-bond donors (Lipinski definition) is 1. The van der Waals surface area contributed by atoms with Gasteiger partial charge in [-0.1, -0.05) is 0 Å². The van der Waals surface area contributed by atoms with E-state index < -0.39 is 0 Å². The molecular weight excluding hydrogens is 236 g/mol. The van der Waals surface area contributed by atoms with Crippen molar-refractivity contribution in [2.24, 2.45) is 0 Å². The summed E-state index contributed by atoms with van der Waals surface area (Å²) in [5, 5.41) is 5.26. The van der Waals surface area contributed by atoms with Crippen LogP contribution in [0.2, 0.25) is 0 Å². The Morgan fingerprint density at radius 1 is 1.59 bits per heavy atom. The second-order valence-electron chi connectivity index (χ2n) is 4.43. The second kappa shape index (κ2) is 5.06. The summed E-state index contributed by atoms with van der Waals surface area (Å²) in [6.07, 6.45) is 0. The predicted octanol–water partition coefficient (Wildman–Crippen LogP) is 1.58. The van der Waals surface area contributed by atoms with Gasteiger partial charge in [0.25, 0.3) is 5.91 Å². The summed E-state index contributed by atoms with van der Waals surface area (Å²) in [7, 11) is 1.60. The zero-order valence-corrected chi connectivity index (χ0v) is 11.2. The largest absolute Gasteiger partial charge is 0.495 e. The van der Waals surface area contributed by atoms with Crippen LogP contribution in [0.4, 0.5) is 0 Å². The third-order valence-electron chi connectivity index (χ3n) is 3.07. The molecular formula is C12H18N2O2S. The maximum atomic E-state index is 12.4. The summed E-state index contributed by atoms with van der Waals surface area (Å²) >= 11 is 1.44. The monoisotopic (exact) mass is 254 g/mol. The molecule has 2 heterocycles. The maximum absolute atomic E-state index is 12.4. The fourth-order valence-electron chi connectivity index (χ4n) is 2.05. The first-order valence-corrected chi connectivity index (χ1v) is 6.67. The molecule has 17 heavy (non-hydrogen) atoms. The number of ether oxygens (including phenoxy) is 1. The Bertz CT molecular complexity index is 405. The first kappa shape index (κ1) is 12.4. The number of hydrogen-bond acceptors (Lipinski definition) is 4. The quantitative estimate of drug-likeness (QED) is 0.871. The molecule has 1 aliphatic rings. The molecule has 2 atom stereocenters. The Morgan fingerprint density at radius 3 is 3.06 bits per heavy atom. The Balaban J connectivity index is 2.18. The molecule has 5 heteroatoms. The van der Waals surface area contributed by atoms with Crippen molar-refractivity contribution in [3.63, 3.8) is 0 Å². The van der Waals surface area contributed by atoms with Gasteiger partial charge < -0.3 is 15.0 Å². The lowest BCUT2D eigenvalue weighted by molar-refractivity contribution is 0.0618. The Morgan fingerprint density at radius 2 is 2.35 bits per heavy atom. The van der Waals surface area contributed by atoms with Gasteiger partial charge in [-0.15, -0.1) is 11.3 Å². The molecule has 1 saturated heterocycles. The lowest BCUT2D eigenvalue weighted by Gasteiger charge is -2.37. The molecule has 0 spiro atoms. The number of carbonyl (C=O) groups is 1. The van der Waals surface area contributed by atoms with Crippen molar-refractivity contribution in [2.45, 2.75) is 25.9 Å². The molecule has 1 aromatic rings. The zero-order valence-electron chi connectivity index (χ0n) is 10.4. The van der Waals surface area contributed by atoms with Gasteiger partial charge in [-0.2, -0.15) is 0 Å². The molecule has 0 radical (unpaired) electrons.